The molecule has 114 valence electrons. The topological polar surface area (TPSA) is 92.9 Å². The average Bonchev–Trinajstić information content (AvgIpc) is 3.06. The van der Waals surface area contributed by atoms with Crippen LogP contribution in [0.25, 0.3) is 11.4 Å². The number of amides is 1. The molecule has 0 saturated carbocycles. The Morgan fingerprint density at radius 1 is 1.52 bits per heavy atom. The zero-order chi connectivity index (χ0) is 15.3. The smallest absolute Gasteiger partial charge is 0.243 e. The van der Waals surface area contributed by atoms with Gasteiger partial charge in [-0.25, -0.2) is 0 Å². The molecular weight excluding hydrogens is 290 g/mol. The Morgan fingerprint density at radius 2 is 2.33 bits per heavy atom. The fourth-order valence-electron chi connectivity index (χ4n) is 1.73. The SMILES string of the molecule is CC(C)(CCO)CNC(=O)Cn1nnc(-c2ccsc2)n1. The number of aliphatic hydroxyl groups is 1. The summed E-state index contributed by atoms with van der Waals surface area (Å²) >= 11 is 1.56. The van der Waals surface area contributed by atoms with Gasteiger partial charge in [0, 0.05) is 24.1 Å². The maximum absolute atomic E-state index is 11.9. The fraction of sp³-hybridized carbons (Fsp3) is 0.538. The predicted molar refractivity (Wildman–Crippen MR) is 79.6 cm³/mol. The van der Waals surface area contributed by atoms with Crippen LogP contribution in [-0.4, -0.2) is 44.4 Å². The minimum Gasteiger partial charge on any atom is -0.396 e. The third-order valence-electron chi connectivity index (χ3n) is 3.07. The summed E-state index contributed by atoms with van der Waals surface area (Å²) in [6.07, 6.45) is 0.636. The second kappa shape index (κ2) is 6.77. The second-order valence-corrected chi connectivity index (χ2v) is 6.35. The van der Waals surface area contributed by atoms with E-state index in [1.54, 1.807) is 11.3 Å². The number of aromatic nitrogens is 4. The Hall–Kier alpha value is -1.80. The standard InChI is InChI=1S/C13H19N5O2S/c1-13(2,4-5-19)9-14-11(20)7-18-16-12(15-17-18)10-3-6-21-8-10/h3,6,8,19H,4-5,7,9H2,1-2H3,(H,14,20). The van der Waals surface area contributed by atoms with Gasteiger partial charge >= 0.3 is 0 Å². The van der Waals surface area contributed by atoms with Gasteiger partial charge in [-0.3, -0.25) is 4.79 Å². The van der Waals surface area contributed by atoms with Crippen molar-refractivity contribution in [2.75, 3.05) is 13.2 Å². The molecule has 2 heterocycles. The summed E-state index contributed by atoms with van der Waals surface area (Å²) in [6.45, 7) is 4.63. The molecule has 0 fully saturated rings. The molecule has 7 nitrogen and oxygen atoms in total. The van der Waals surface area contributed by atoms with Crippen LogP contribution in [0.5, 0.6) is 0 Å². The number of nitrogens with zero attached hydrogens (tertiary/aromatic N) is 4. The Morgan fingerprint density at radius 3 is 3.00 bits per heavy atom. The van der Waals surface area contributed by atoms with Crippen LogP contribution in [-0.2, 0) is 11.3 Å². The summed E-state index contributed by atoms with van der Waals surface area (Å²) in [5.74, 6) is 0.347. The second-order valence-electron chi connectivity index (χ2n) is 5.57. The van der Waals surface area contributed by atoms with E-state index in [0.29, 0.717) is 18.8 Å². The summed E-state index contributed by atoms with van der Waals surface area (Å²) in [7, 11) is 0. The monoisotopic (exact) mass is 309 g/mol. The number of nitrogens with one attached hydrogen (secondary N) is 1. The van der Waals surface area contributed by atoms with Crippen molar-refractivity contribution >= 4 is 17.2 Å². The van der Waals surface area contributed by atoms with Crippen LogP contribution < -0.4 is 5.32 Å². The summed E-state index contributed by atoms with van der Waals surface area (Å²) in [4.78, 5) is 13.1. The molecule has 2 aromatic heterocycles. The van der Waals surface area contributed by atoms with Crippen LogP contribution in [0.3, 0.4) is 0 Å². The molecule has 0 spiro atoms. The van der Waals surface area contributed by atoms with E-state index >= 15 is 0 Å². The van der Waals surface area contributed by atoms with Crippen LogP contribution in [0.4, 0.5) is 0 Å². The molecule has 0 aliphatic rings. The first kappa shape index (κ1) is 15.6. The van der Waals surface area contributed by atoms with E-state index in [1.165, 1.54) is 4.80 Å². The molecule has 0 aliphatic heterocycles. The van der Waals surface area contributed by atoms with Crippen molar-refractivity contribution < 1.29 is 9.90 Å². The molecule has 0 bridgehead atoms. The third kappa shape index (κ3) is 4.61. The van der Waals surface area contributed by atoms with Crippen LogP contribution in [0, 0.1) is 5.41 Å². The van der Waals surface area contributed by atoms with Gasteiger partial charge in [-0.15, -0.1) is 10.2 Å². The predicted octanol–water partition coefficient (Wildman–Crippen LogP) is 0.926. The summed E-state index contributed by atoms with van der Waals surface area (Å²) < 4.78 is 0. The molecule has 2 rings (SSSR count). The lowest BCUT2D eigenvalue weighted by Crippen LogP contribution is -2.36. The van der Waals surface area contributed by atoms with Gasteiger partial charge < -0.3 is 10.4 Å². The highest BCUT2D eigenvalue weighted by atomic mass is 32.1. The Balaban J connectivity index is 1.86. The van der Waals surface area contributed by atoms with E-state index < -0.39 is 0 Å². The molecular formula is C13H19N5O2S. The van der Waals surface area contributed by atoms with Gasteiger partial charge in [-0.05, 0) is 28.5 Å². The van der Waals surface area contributed by atoms with Crippen LogP contribution in [0.15, 0.2) is 16.8 Å². The maximum Gasteiger partial charge on any atom is 0.243 e. The number of carbonyl (C=O) groups is 1. The first-order chi connectivity index (χ1) is 10.00. The third-order valence-corrected chi connectivity index (χ3v) is 3.75. The largest absolute Gasteiger partial charge is 0.396 e. The Bertz CT molecular complexity index is 579. The van der Waals surface area contributed by atoms with E-state index in [0.717, 1.165) is 5.56 Å². The van der Waals surface area contributed by atoms with Crippen molar-refractivity contribution in [2.45, 2.75) is 26.8 Å². The van der Waals surface area contributed by atoms with Gasteiger partial charge in [0.15, 0.2) is 0 Å². The van der Waals surface area contributed by atoms with E-state index in [4.69, 9.17) is 5.11 Å². The Kier molecular flexibility index (Phi) is 5.03. The molecule has 0 atom stereocenters. The number of rotatable bonds is 7. The highest BCUT2D eigenvalue weighted by molar-refractivity contribution is 7.08. The summed E-state index contributed by atoms with van der Waals surface area (Å²) in [5.41, 5.74) is 0.762. The van der Waals surface area contributed by atoms with Crippen LogP contribution >= 0.6 is 11.3 Å². The molecule has 2 aromatic rings. The van der Waals surface area contributed by atoms with E-state index in [-0.39, 0.29) is 24.5 Å². The first-order valence-corrected chi connectivity index (χ1v) is 7.62. The van der Waals surface area contributed by atoms with E-state index in [9.17, 15) is 4.79 Å². The quantitative estimate of drug-likeness (QED) is 0.793. The Labute approximate surface area is 127 Å². The average molecular weight is 309 g/mol. The molecule has 8 heteroatoms. The van der Waals surface area contributed by atoms with Gasteiger partial charge in [0.1, 0.15) is 6.54 Å². The maximum atomic E-state index is 11.9. The number of hydrogen-bond donors (Lipinski definition) is 2. The zero-order valence-electron chi connectivity index (χ0n) is 12.1. The molecule has 1 amide bonds. The number of aliphatic hydroxyl groups excluding tert-OH is 1. The van der Waals surface area contributed by atoms with Gasteiger partial charge in [-0.1, -0.05) is 13.8 Å². The van der Waals surface area contributed by atoms with Crippen LogP contribution in [0.1, 0.15) is 20.3 Å². The minimum absolute atomic E-state index is 0.0341. The van der Waals surface area contributed by atoms with Crippen molar-refractivity contribution in [3.05, 3.63) is 16.8 Å². The minimum atomic E-state index is -0.171. The normalized spacial score (nSPS) is 11.6. The van der Waals surface area contributed by atoms with Gasteiger partial charge in [0.2, 0.25) is 11.7 Å². The highest BCUT2D eigenvalue weighted by Gasteiger charge is 2.18. The molecule has 0 saturated heterocycles. The molecule has 0 unspecified atom stereocenters. The fourth-order valence-corrected chi connectivity index (χ4v) is 2.37. The lowest BCUT2D eigenvalue weighted by Gasteiger charge is -2.23. The lowest BCUT2D eigenvalue weighted by atomic mass is 9.90. The summed E-state index contributed by atoms with van der Waals surface area (Å²) in [5, 5.41) is 27.6. The van der Waals surface area contributed by atoms with Gasteiger partial charge in [0.25, 0.3) is 0 Å². The summed E-state index contributed by atoms with van der Waals surface area (Å²) in [6, 6.07) is 1.91. The molecule has 2 N–H and O–H groups in total. The van der Waals surface area contributed by atoms with Gasteiger partial charge in [0.05, 0.1) is 0 Å². The molecule has 0 aliphatic carbocycles. The van der Waals surface area contributed by atoms with Gasteiger partial charge in [-0.2, -0.15) is 16.1 Å². The van der Waals surface area contributed by atoms with Crippen molar-refractivity contribution in [1.82, 2.24) is 25.5 Å². The van der Waals surface area contributed by atoms with Crippen molar-refractivity contribution in [3.63, 3.8) is 0 Å². The van der Waals surface area contributed by atoms with Crippen molar-refractivity contribution in [2.24, 2.45) is 5.41 Å². The van der Waals surface area contributed by atoms with Crippen LogP contribution in [0.2, 0.25) is 0 Å². The number of hydrogen-bond acceptors (Lipinski definition) is 6. The number of thiophene rings is 1. The zero-order valence-corrected chi connectivity index (χ0v) is 12.9. The lowest BCUT2D eigenvalue weighted by molar-refractivity contribution is -0.122. The number of tetrazole rings is 1. The van der Waals surface area contributed by atoms with Crippen molar-refractivity contribution in [3.8, 4) is 11.4 Å². The molecule has 0 aromatic carbocycles. The van der Waals surface area contributed by atoms with E-state index in [1.807, 2.05) is 30.7 Å². The van der Waals surface area contributed by atoms with Crippen molar-refractivity contribution in [1.29, 1.82) is 0 Å². The first-order valence-electron chi connectivity index (χ1n) is 6.68. The molecule has 0 radical (unpaired) electrons. The van der Waals surface area contributed by atoms with E-state index in [2.05, 4.69) is 20.7 Å². The number of carbonyl (C=O) groups excluding carboxylic acids is 1. The highest BCUT2D eigenvalue weighted by Crippen LogP contribution is 2.18. The molecule has 21 heavy (non-hydrogen) atoms.